The van der Waals surface area contributed by atoms with Crippen LogP contribution in [0.2, 0.25) is 0 Å². The Bertz CT molecular complexity index is 2140. The van der Waals surface area contributed by atoms with Crippen LogP contribution in [0.1, 0.15) is 136 Å². The van der Waals surface area contributed by atoms with Crippen LogP contribution in [0.4, 0.5) is 17.1 Å². The highest BCUT2D eigenvalue weighted by Gasteiger charge is 2.17. The standard InChI is InChI=1S/C58H72N2O6/c1-5-9-13-17-37-63-52-33-35-54(56(42-52)65-39-19-15-11-7-3)46-23-29-50(30-24-46)60(49-27-21-45(22-28-49)41-48(44-59)58(61)62)51-31-25-47(26-32-51)55-36-34-53(64-38-18-14-10-6-2)43-57(55)66-40-20-16-12-8-4/h21-36,41-43H,5-20,37-40H2,1-4H3,(H,61,62). The highest BCUT2D eigenvalue weighted by Crippen LogP contribution is 2.41. The van der Waals surface area contributed by atoms with Crippen molar-refractivity contribution in [3.63, 3.8) is 0 Å². The Morgan fingerprint density at radius 1 is 0.500 bits per heavy atom. The summed E-state index contributed by atoms with van der Waals surface area (Å²) in [6.45, 7) is 11.5. The van der Waals surface area contributed by atoms with E-state index in [1.807, 2.05) is 48.5 Å². The molecule has 5 rings (SSSR count). The molecule has 0 aliphatic rings. The van der Waals surface area contributed by atoms with Gasteiger partial charge in [0.2, 0.25) is 0 Å². The second-order valence-corrected chi connectivity index (χ2v) is 16.9. The summed E-state index contributed by atoms with van der Waals surface area (Å²) >= 11 is 0. The molecule has 0 atom stereocenters. The van der Waals surface area contributed by atoms with E-state index in [2.05, 4.69) is 93.3 Å². The van der Waals surface area contributed by atoms with E-state index in [0.29, 0.717) is 32.0 Å². The van der Waals surface area contributed by atoms with E-state index in [0.717, 1.165) is 114 Å². The van der Waals surface area contributed by atoms with Crippen LogP contribution < -0.4 is 23.8 Å². The zero-order valence-electron chi connectivity index (χ0n) is 40.0. The van der Waals surface area contributed by atoms with E-state index in [9.17, 15) is 15.2 Å². The van der Waals surface area contributed by atoms with Crippen molar-refractivity contribution in [3.8, 4) is 51.3 Å². The zero-order valence-corrected chi connectivity index (χ0v) is 40.0. The largest absolute Gasteiger partial charge is 0.493 e. The van der Waals surface area contributed by atoms with Crippen molar-refractivity contribution in [1.82, 2.24) is 0 Å². The van der Waals surface area contributed by atoms with Gasteiger partial charge in [-0.25, -0.2) is 4.79 Å². The Kier molecular flexibility index (Phi) is 22.1. The van der Waals surface area contributed by atoms with Gasteiger partial charge < -0.3 is 29.0 Å². The van der Waals surface area contributed by atoms with Gasteiger partial charge in [-0.05, 0) is 109 Å². The van der Waals surface area contributed by atoms with Gasteiger partial charge in [0.25, 0.3) is 0 Å². The average molecular weight is 893 g/mol. The predicted octanol–water partition coefficient (Wildman–Crippen LogP) is 16.3. The molecule has 0 spiro atoms. The van der Waals surface area contributed by atoms with Crippen LogP contribution in [0.25, 0.3) is 28.3 Å². The molecule has 1 N–H and O–H groups in total. The quantitative estimate of drug-likeness (QED) is 0.0267. The molecule has 5 aromatic rings. The van der Waals surface area contributed by atoms with Crippen molar-refractivity contribution in [2.75, 3.05) is 31.3 Å². The number of nitriles is 1. The lowest BCUT2D eigenvalue weighted by Crippen LogP contribution is -2.10. The number of carbonyl (C=O) groups is 1. The third-order valence-electron chi connectivity index (χ3n) is 11.6. The topological polar surface area (TPSA) is 101 Å². The second kappa shape index (κ2) is 28.7. The molecule has 0 saturated heterocycles. The van der Waals surface area contributed by atoms with E-state index in [-0.39, 0.29) is 5.57 Å². The third kappa shape index (κ3) is 16.0. The molecule has 5 aromatic carbocycles. The lowest BCUT2D eigenvalue weighted by Gasteiger charge is -2.26. The number of hydrogen-bond donors (Lipinski definition) is 1. The van der Waals surface area contributed by atoms with Crippen LogP contribution >= 0.6 is 0 Å². The molecule has 0 unspecified atom stereocenters. The first-order chi connectivity index (χ1) is 32.4. The maximum atomic E-state index is 11.6. The summed E-state index contributed by atoms with van der Waals surface area (Å²) in [6, 6.07) is 38.7. The Balaban J connectivity index is 1.48. The molecule has 0 radical (unpaired) electrons. The van der Waals surface area contributed by atoms with Crippen LogP contribution in [0.3, 0.4) is 0 Å². The molecule has 8 nitrogen and oxygen atoms in total. The van der Waals surface area contributed by atoms with Gasteiger partial charge >= 0.3 is 5.97 Å². The molecule has 66 heavy (non-hydrogen) atoms. The number of carboxylic acids is 1. The average Bonchev–Trinajstić information content (AvgIpc) is 3.34. The van der Waals surface area contributed by atoms with Crippen molar-refractivity contribution < 1.29 is 28.8 Å². The minimum atomic E-state index is -1.26. The first-order valence-electron chi connectivity index (χ1n) is 24.6. The first kappa shape index (κ1) is 50.8. The molecule has 0 saturated carbocycles. The first-order valence-corrected chi connectivity index (χ1v) is 24.6. The Morgan fingerprint density at radius 2 is 0.864 bits per heavy atom. The van der Waals surface area contributed by atoms with E-state index in [1.54, 1.807) is 6.07 Å². The van der Waals surface area contributed by atoms with Gasteiger partial charge in [0.05, 0.1) is 26.4 Å². The second-order valence-electron chi connectivity index (χ2n) is 16.9. The molecule has 0 aliphatic carbocycles. The fraction of sp³-hybridized carbons (Fsp3) is 0.414. The number of ether oxygens (including phenoxy) is 4. The summed E-state index contributed by atoms with van der Waals surface area (Å²) in [6.07, 6.45) is 19.6. The highest BCUT2D eigenvalue weighted by atomic mass is 16.5. The molecule has 0 bridgehead atoms. The number of carboxylic acid groups (broad SMARTS) is 1. The molecule has 0 amide bonds. The van der Waals surface area contributed by atoms with Crippen LogP contribution in [0.5, 0.6) is 23.0 Å². The van der Waals surface area contributed by atoms with Gasteiger partial charge in [0.15, 0.2) is 0 Å². The van der Waals surface area contributed by atoms with Gasteiger partial charge in [0.1, 0.15) is 34.6 Å². The maximum absolute atomic E-state index is 11.6. The molecule has 350 valence electrons. The predicted molar refractivity (Wildman–Crippen MR) is 272 cm³/mol. The zero-order chi connectivity index (χ0) is 46.8. The Morgan fingerprint density at radius 3 is 1.21 bits per heavy atom. The van der Waals surface area contributed by atoms with Crippen LogP contribution in [-0.4, -0.2) is 37.5 Å². The maximum Gasteiger partial charge on any atom is 0.346 e. The summed E-state index contributed by atoms with van der Waals surface area (Å²) < 4.78 is 25.3. The monoisotopic (exact) mass is 893 g/mol. The lowest BCUT2D eigenvalue weighted by atomic mass is 10.0. The summed E-state index contributed by atoms with van der Waals surface area (Å²) in [5.74, 6) is 2.01. The van der Waals surface area contributed by atoms with E-state index < -0.39 is 5.97 Å². The summed E-state index contributed by atoms with van der Waals surface area (Å²) in [7, 11) is 0. The number of rotatable bonds is 31. The Hall–Kier alpha value is -6.20. The SMILES string of the molecule is CCCCCCOc1ccc(-c2ccc(N(c3ccc(C=C(C#N)C(=O)O)cc3)c3ccc(-c4ccc(OCCCCCC)cc4OCCCCCC)cc3)cc2)c(OCCCCCC)c1. The van der Waals surface area contributed by atoms with Crippen molar-refractivity contribution in [3.05, 3.63) is 120 Å². The third-order valence-corrected chi connectivity index (χ3v) is 11.6. The van der Waals surface area contributed by atoms with Crippen molar-refractivity contribution in [1.29, 1.82) is 5.26 Å². The van der Waals surface area contributed by atoms with Crippen molar-refractivity contribution in [2.24, 2.45) is 0 Å². The normalized spacial score (nSPS) is 11.2. The molecule has 8 heteroatoms. The van der Waals surface area contributed by atoms with E-state index in [1.165, 1.54) is 57.4 Å². The smallest absolute Gasteiger partial charge is 0.346 e. The molecule has 0 heterocycles. The van der Waals surface area contributed by atoms with Crippen LogP contribution in [0, 0.1) is 11.3 Å². The molecular formula is C58H72N2O6. The lowest BCUT2D eigenvalue weighted by molar-refractivity contribution is -0.132. The molecule has 0 aromatic heterocycles. The van der Waals surface area contributed by atoms with Crippen molar-refractivity contribution >= 4 is 29.1 Å². The number of benzene rings is 5. The number of nitrogens with zero attached hydrogens (tertiary/aromatic N) is 2. The van der Waals surface area contributed by atoms with E-state index in [4.69, 9.17) is 18.9 Å². The van der Waals surface area contributed by atoms with Gasteiger partial charge in [-0.2, -0.15) is 5.26 Å². The minimum Gasteiger partial charge on any atom is -0.493 e. The highest BCUT2D eigenvalue weighted by molar-refractivity contribution is 5.96. The number of anilines is 3. The van der Waals surface area contributed by atoms with E-state index >= 15 is 0 Å². The van der Waals surface area contributed by atoms with Crippen LogP contribution in [-0.2, 0) is 4.79 Å². The molecule has 0 aliphatic heterocycles. The van der Waals surface area contributed by atoms with Crippen LogP contribution in [0.15, 0.2) is 115 Å². The Labute approximate surface area is 395 Å². The number of hydrogen-bond acceptors (Lipinski definition) is 7. The van der Waals surface area contributed by atoms with Crippen molar-refractivity contribution in [2.45, 2.75) is 130 Å². The molecular weight excluding hydrogens is 821 g/mol. The minimum absolute atomic E-state index is 0.322. The molecule has 0 fully saturated rings. The number of unbranched alkanes of at least 4 members (excludes halogenated alkanes) is 12. The van der Waals surface area contributed by atoms with Gasteiger partial charge in [-0.1, -0.05) is 141 Å². The van der Waals surface area contributed by atoms with Gasteiger partial charge in [-0.15, -0.1) is 0 Å². The van der Waals surface area contributed by atoms with Gasteiger partial charge in [0, 0.05) is 40.3 Å². The summed E-state index contributed by atoms with van der Waals surface area (Å²) in [4.78, 5) is 13.8. The fourth-order valence-corrected chi connectivity index (χ4v) is 7.82. The number of aliphatic carboxylic acids is 1. The summed E-state index contributed by atoms with van der Waals surface area (Å²) in [5, 5.41) is 18.9. The summed E-state index contributed by atoms with van der Waals surface area (Å²) in [5.41, 5.74) is 7.10. The van der Waals surface area contributed by atoms with Gasteiger partial charge in [-0.3, -0.25) is 0 Å². The fourth-order valence-electron chi connectivity index (χ4n) is 7.82.